The lowest BCUT2D eigenvalue weighted by Gasteiger charge is -2.09. The van der Waals surface area contributed by atoms with Gasteiger partial charge in [-0.15, -0.1) is 0 Å². The molecule has 5 heteroatoms. The van der Waals surface area contributed by atoms with Gasteiger partial charge in [0.1, 0.15) is 5.82 Å². The van der Waals surface area contributed by atoms with Crippen LogP contribution in [0.5, 0.6) is 0 Å². The summed E-state index contributed by atoms with van der Waals surface area (Å²) < 4.78 is 0. The standard InChI is InChI=1S/C15H17N3O2/c19-15(20)11-4-1-10(2-5-11)3-6-14-17-12-7-8-16-9-13(12)18-14/h1-2,4-5,16H,3,6-9H2,(H,17,18)(H,19,20). The normalized spacial score (nSPS) is 14.0. The Morgan fingerprint density at radius 3 is 2.75 bits per heavy atom. The molecule has 0 aliphatic carbocycles. The molecule has 0 saturated carbocycles. The van der Waals surface area contributed by atoms with Gasteiger partial charge in [0.15, 0.2) is 0 Å². The molecule has 0 atom stereocenters. The molecule has 0 saturated heterocycles. The minimum absolute atomic E-state index is 0.327. The van der Waals surface area contributed by atoms with E-state index >= 15 is 0 Å². The lowest BCUT2D eigenvalue weighted by molar-refractivity contribution is 0.0697. The number of H-pyrrole nitrogens is 1. The summed E-state index contributed by atoms with van der Waals surface area (Å²) in [4.78, 5) is 18.8. The summed E-state index contributed by atoms with van der Waals surface area (Å²) >= 11 is 0. The number of carboxylic acids is 1. The van der Waals surface area contributed by atoms with Crippen molar-refractivity contribution in [2.45, 2.75) is 25.8 Å². The van der Waals surface area contributed by atoms with E-state index in [-0.39, 0.29) is 0 Å². The summed E-state index contributed by atoms with van der Waals surface area (Å²) in [5.74, 6) is 0.128. The van der Waals surface area contributed by atoms with Gasteiger partial charge in [0, 0.05) is 25.9 Å². The van der Waals surface area contributed by atoms with Crippen molar-refractivity contribution >= 4 is 5.97 Å². The van der Waals surface area contributed by atoms with Gasteiger partial charge in [0.05, 0.1) is 17.0 Å². The first-order chi connectivity index (χ1) is 9.72. The first kappa shape index (κ1) is 12.9. The number of aromatic amines is 1. The SMILES string of the molecule is O=C(O)c1ccc(CCc2nc3c([nH]2)CNCC3)cc1. The fourth-order valence-electron chi connectivity index (χ4n) is 2.47. The Balaban J connectivity index is 1.64. The predicted octanol–water partition coefficient (Wildman–Crippen LogP) is 1.54. The number of imidazole rings is 1. The maximum Gasteiger partial charge on any atom is 0.335 e. The zero-order chi connectivity index (χ0) is 13.9. The molecular formula is C15H17N3O2. The Morgan fingerprint density at radius 1 is 1.25 bits per heavy atom. The Bertz CT molecular complexity index is 593. The number of aromatic carboxylic acids is 1. The Hall–Kier alpha value is -2.14. The van der Waals surface area contributed by atoms with Gasteiger partial charge in [-0.05, 0) is 24.1 Å². The third-order valence-corrected chi connectivity index (χ3v) is 3.61. The molecule has 1 aliphatic rings. The molecule has 1 aromatic carbocycles. The van der Waals surface area contributed by atoms with Crippen LogP contribution in [0, 0.1) is 0 Å². The van der Waals surface area contributed by atoms with Gasteiger partial charge >= 0.3 is 5.97 Å². The van der Waals surface area contributed by atoms with Crippen molar-refractivity contribution in [3.63, 3.8) is 0 Å². The maximum atomic E-state index is 10.8. The van der Waals surface area contributed by atoms with E-state index in [4.69, 9.17) is 5.11 Å². The van der Waals surface area contributed by atoms with Crippen molar-refractivity contribution in [3.05, 3.63) is 52.6 Å². The van der Waals surface area contributed by atoms with E-state index in [1.165, 1.54) is 11.4 Å². The number of aryl methyl sites for hydroxylation is 2. The van der Waals surface area contributed by atoms with Gasteiger partial charge in [-0.1, -0.05) is 12.1 Å². The molecule has 5 nitrogen and oxygen atoms in total. The summed E-state index contributed by atoms with van der Waals surface area (Å²) in [6, 6.07) is 7.03. The number of fused-ring (bicyclic) bond motifs is 1. The number of nitrogens with zero attached hydrogens (tertiary/aromatic N) is 1. The molecule has 2 heterocycles. The monoisotopic (exact) mass is 271 g/mol. The van der Waals surface area contributed by atoms with Gasteiger partial charge in [-0.2, -0.15) is 0 Å². The van der Waals surface area contributed by atoms with E-state index in [2.05, 4.69) is 15.3 Å². The second-order valence-electron chi connectivity index (χ2n) is 5.04. The highest BCUT2D eigenvalue weighted by atomic mass is 16.4. The van der Waals surface area contributed by atoms with Gasteiger partial charge in [0.25, 0.3) is 0 Å². The zero-order valence-electron chi connectivity index (χ0n) is 11.1. The van der Waals surface area contributed by atoms with E-state index < -0.39 is 5.97 Å². The predicted molar refractivity (Wildman–Crippen MR) is 74.8 cm³/mol. The second kappa shape index (κ2) is 5.46. The molecule has 1 aromatic heterocycles. The number of benzene rings is 1. The molecule has 1 aliphatic heterocycles. The molecular weight excluding hydrogens is 254 g/mol. The lowest BCUT2D eigenvalue weighted by atomic mass is 10.1. The summed E-state index contributed by atoms with van der Waals surface area (Å²) in [5.41, 5.74) is 3.84. The number of rotatable bonds is 4. The number of nitrogens with one attached hydrogen (secondary N) is 2. The van der Waals surface area contributed by atoms with Crippen molar-refractivity contribution in [1.29, 1.82) is 0 Å². The van der Waals surface area contributed by atoms with E-state index in [1.54, 1.807) is 12.1 Å². The van der Waals surface area contributed by atoms with Crippen LogP contribution in [-0.4, -0.2) is 27.6 Å². The topological polar surface area (TPSA) is 78.0 Å². The highest BCUT2D eigenvalue weighted by Crippen LogP contribution is 2.13. The fraction of sp³-hybridized carbons (Fsp3) is 0.333. The summed E-state index contributed by atoms with van der Waals surface area (Å²) in [6.07, 6.45) is 2.69. The summed E-state index contributed by atoms with van der Waals surface area (Å²) in [5, 5.41) is 12.2. The van der Waals surface area contributed by atoms with Gasteiger partial charge in [-0.3, -0.25) is 0 Å². The van der Waals surface area contributed by atoms with Crippen LogP contribution >= 0.6 is 0 Å². The van der Waals surface area contributed by atoms with Crippen molar-refractivity contribution in [2.75, 3.05) is 6.54 Å². The van der Waals surface area contributed by atoms with Crippen LogP contribution in [0.15, 0.2) is 24.3 Å². The van der Waals surface area contributed by atoms with Gasteiger partial charge < -0.3 is 15.4 Å². The fourth-order valence-corrected chi connectivity index (χ4v) is 2.47. The highest BCUT2D eigenvalue weighted by molar-refractivity contribution is 5.87. The minimum atomic E-state index is -0.886. The van der Waals surface area contributed by atoms with Crippen molar-refractivity contribution < 1.29 is 9.90 Å². The molecule has 0 radical (unpaired) electrons. The quantitative estimate of drug-likeness (QED) is 0.788. The maximum absolute atomic E-state index is 10.8. The zero-order valence-corrected chi connectivity index (χ0v) is 11.1. The third-order valence-electron chi connectivity index (χ3n) is 3.61. The number of carboxylic acid groups (broad SMARTS) is 1. The van der Waals surface area contributed by atoms with Crippen LogP contribution in [0.4, 0.5) is 0 Å². The Labute approximate surface area is 117 Å². The molecule has 2 aromatic rings. The Kier molecular flexibility index (Phi) is 3.52. The lowest BCUT2D eigenvalue weighted by Crippen LogP contribution is -2.23. The van der Waals surface area contributed by atoms with E-state index in [0.717, 1.165) is 43.7 Å². The molecule has 0 unspecified atom stereocenters. The van der Waals surface area contributed by atoms with Crippen LogP contribution in [0.1, 0.15) is 33.1 Å². The molecule has 0 spiro atoms. The average Bonchev–Trinajstić information content (AvgIpc) is 2.88. The van der Waals surface area contributed by atoms with Crippen molar-refractivity contribution in [2.24, 2.45) is 0 Å². The molecule has 0 bridgehead atoms. The van der Waals surface area contributed by atoms with E-state index in [9.17, 15) is 4.79 Å². The summed E-state index contributed by atoms with van der Waals surface area (Å²) in [7, 11) is 0. The van der Waals surface area contributed by atoms with E-state index in [1.807, 2.05) is 12.1 Å². The number of carbonyl (C=O) groups is 1. The highest BCUT2D eigenvalue weighted by Gasteiger charge is 2.13. The molecule has 0 fully saturated rings. The first-order valence-corrected chi connectivity index (χ1v) is 6.82. The van der Waals surface area contributed by atoms with Crippen LogP contribution in [0.25, 0.3) is 0 Å². The van der Waals surface area contributed by atoms with Crippen molar-refractivity contribution in [3.8, 4) is 0 Å². The first-order valence-electron chi connectivity index (χ1n) is 6.82. The van der Waals surface area contributed by atoms with Crippen molar-refractivity contribution in [1.82, 2.24) is 15.3 Å². The smallest absolute Gasteiger partial charge is 0.335 e. The molecule has 104 valence electrons. The van der Waals surface area contributed by atoms with Crippen LogP contribution in [-0.2, 0) is 25.8 Å². The minimum Gasteiger partial charge on any atom is -0.478 e. The number of aromatic nitrogens is 2. The summed E-state index contributed by atoms with van der Waals surface area (Å²) in [6.45, 7) is 1.86. The van der Waals surface area contributed by atoms with Gasteiger partial charge in [-0.25, -0.2) is 9.78 Å². The average molecular weight is 271 g/mol. The molecule has 3 N–H and O–H groups in total. The number of hydrogen-bond acceptors (Lipinski definition) is 3. The number of hydrogen-bond donors (Lipinski definition) is 3. The molecule has 3 rings (SSSR count). The largest absolute Gasteiger partial charge is 0.478 e. The molecule has 0 amide bonds. The van der Waals surface area contributed by atoms with Gasteiger partial charge in [0.2, 0.25) is 0 Å². The van der Waals surface area contributed by atoms with Crippen LogP contribution in [0.2, 0.25) is 0 Å². The Morgan fingerprint density at radius 2 is 2.05 bits per heavy atom. The second-order valence-corrected chi connectivity index (χ2v) is 5.04. The van der Waals surface area contributed by atoms with Crippen LogP contribution < -0.4 is 5.32 Å². The van der Waals surface area contributed by atoms with E-state index in [0.29, 0.717) is 5.56 Å². The third kappa shape index (κ3) is 2.72. The molecule has 20 heavy (non-hydrogen) atoms. The van der Waals surface area contributed by atoms with Crippen LogP contribution in [0.3, 0.4) is 0 Å².